The lowest BCUT2D eigenvalue weighted by atomic mass is 10.00. The highest BCUT2D eigenvalue weighted by Gasteiger charge is 2.35. The molecule has 1 fully saturated rings. The number of nitrogens with zero attached hydrogens (tertiary/aromatic N) is 1. The Morgan fingerprint density at radius 2 is 2.12 bits per heavy atom. The molecule has 3 rings (SSSR count). The molecule has 0 radical (unpaired) electrons. The SMILES string of the molecule is CC(=O)Nc1cccc(OC2=CC(O)N(CC3CCOCC3)C2O)c1. The van der Waals surface area contributed by atoms with Gasteiger partial charge in [0.1, 0.15) is 17.7 Å². The van der Waals surface area contributed by atoms with Crippen molar-refractivity contribution in [1.82, 2.24) is 4.90 Å². The van der Waals surface area contributed by atoms with Crippen LogP contribution in [0.25, 0.3) is 0 Å². The Hall–Kier alpha value is -1.93. The van der Waals surface area contributed by atoms with Crippen molar-refractivity contribution in [3.8, 4) is 5.75 Å². The summed E-state index contributed by atoms with van der Waals surface area (Å²) in [6.45, 7) is 3.46. The van der Waals surface area contributed by atoms with Crippen LogP contribution in [0.5, 0.6) is 5.75 Å². The summed E-state index contributed by atoms with van der Waals surface area (Å²) in [6.07, 6.45) is 1.47. The van der Waals surface area contributed by atoms with Crippen LogP contribution in [0, 0.1) is 5.92 Å². The standard InChI is InChI=1S/C18H24N2O5/c1-12(21)19-14-3-2-4-15(9-14)25-16-10-17(22)20(18(16)23)11-13-5-7-24-8-6-13/h2-4,9-10,13,17-18,22-23H,5-8,11H2,1H3,(H,19,21). The van der Waals surface area contributed by atoms with Gasteiger partial charge < -0.3 is 25.0 Å². The first kappa shape index (κ1) is 17.9. The van der Waals surface area contributed by atoms with E-state index >= 15 is 0 Å². The third-order valence-electron chi connectivity index (χ3n) is 4.42. The van der Waals surface area contributed by atoms with E-state index in [0.717, 1.165) is 26.1 Å². The number of hydrogen-bond donors (Lipinski definition) is 3. The lowest BCUT2D eigenvalue weighted by Crippen LogP contribution is -2.42. The van der Waals surface area contributed by atoms with Crippen LogP contribution in [-0.4, -0.2) is 53.2 Å². The van der Waals surface area contributed by atoms with E-state index in [0.29, 0.717) is 29.7 Å². The smallest absolute Gasteiger partial charge is 0.221 e. The summed E-state index contributed by atoms with van der Waals surface area (Å²) in [6, 6.07) is 6.90. The van der Waals surface area contributed by atoms with Gasteiger partial charge in [-0.3, -0.25) is 4.79 Å². The van der Waals surface area contributed by atoms with Crippen molar-refractivity contribution in [3.05, 3.63) is 36.1 Å². The number of aliphatic hydroxyl groups excluding tert-OH is 2. The van der Waals surface area contributed by atoms with Crippen LogP contribution in [0.3, 0.4) is 0 Å². The van der Waals surface area contributed by atoms with Crippen LogP contribution in [0.15, 0.2) is 36.1 Å². The molecule has 0 spiro atoms. The molecule has 2 unspecified atom stereocenters. The topological polar surface area (TPSA) is 91.3 Å². The largest absolute Gasteiger partial charge is 0.458 e. The monoisotopic (exact) mass is 348 g/mol. The van der Waals surface area contributed by atoms with Gasteiger partial charge in [0.05, 0.1) is 0 Å². The second kappa shape index (κ2) is 7.97. The third-order valence-corrected chi connectivity index (χ3v) is 4.42. The molecule has 1 amide bonds. The predicted molar refractivity (Wildman–Crippen MR) is 91.7 cm³/mol. The van der Waals surface area contributed by atoms with Gasteiger partial charge in [0.2, 0.25) is 5.91 Å². The molecule has 2 aliphatic rings. The number of carbonyl (C=O) groups is 1. The van der Waals surface area contributed by atoms with Crippen molar-refractivity contribution in [2.75, 3.05) is 25.1 Å². The number of ether oxygens (including phenoxy) is 2. The average Bonchev–Trinajstić information content (AvgIpc) is 2.83. The molecular formula is C18H24N2O5. The minimum absolute atomic E-state index is 0.171. The Balaban J connectivity index is 1.63. The van der Waals surface area contributed by atoms with E-state index in [2.05, 4.69) is 5.32 Å². The lowest BCUT2D eigenvalue weighted by molar-refractivity contribution is -0.114. The molecule has 0 aliphatic carbocycles. The summed E-state index contributed by atoms with van der Waals surface area (Å²) in [4.78, 5) is 12.8. The molecule has 1 aromatic carbocycles. The number of aliphatic hydroxyl groups is 2. The maximum Gasteiger partial charge on any atom is 0.221 e. The number of nitrogens with one attached hydrogen (secondary N) is 1. The molecule has 2 heterocycles. The molecule has 1 saturated heterocycles. The number of anilines is 1. The molecular weight excluding hydrogens is 324 g/mol. The van der Waals surface area contributed by atoms with Crippen LogP contribution >= 0.6 is 0 Å². The fraction of sp³-hybridized carbons (Fsp3) is 0.500. The van der Waals surface area contributed by atoms with E-state index in [4.69, 9.17) is 9.47 Å². The zero-order valence-electron chi connectivity index (χ0n) is 14.2. The molecule has 7 heteroatoms. The Morgan fingerprint density at radius 1 is 1.36 bits per heavy atom. The molecule has 2 atom stereocenters. The summed E-state index contributed by atoms with van der Waals surface area (Å²) >= 11 is 0. The van der Waals surface area contributed by atoms with Gasteiger partial charge in [0, 0.05) is 44.5 Å². The summed E-state index contributed by atoms with van der Waals surface area (Å²) in [5, 5.41) is 23.4. The molecule has 0 saturated carbocycles. The Morgan fingerprint density at radius 3 is 2.84 bits per heavy atom. The molecule has 0 aromatic heterocycles. The highest BCUT2D eigenvalue weighted by atomic mass is 16.5. The van der Waals surface area contributed by atoms with E-state index in [1.54, 1.807) is 29.2 Å². The zero-order valence-corrected chi connectivity index (χ0v) is 14.2. The normalized spacial score (nSPS) is 24.8. The summed E-state index contributed by atoms with van der Waals surface area (Å²) in [5.74, 6) is 0.987. The fourth-order valence-corrected chi connectivity index (χ4v) is 3.14. The van der Waals surface area contributed by atoms with Crippen molar-refractivity contribution in [2.24, 2.45) is 5.92 Å². The van der Waals surface area contributed by atoms with Crippen LogP contribution in [0.2, 0.25) is 0 Å². The van der Waals surface area contributed by atoms with E-state index in [9.17, 15) is 15.0 Å². The van der Waals surface area contributed by atoms with Crippen LogP contribution < -0.4 is 10.1 Å². The summed E-state index contributed by atoms with van der Waals surface area (Å²) in [7, 11) is 0. The molecule has 7 nitrogen and oxygen atoms in total. The Kier molecular flexibility index (Phi) is 5.70. The van der Waals surface area contributed by atoms with Crippen molar-refractivity contribution in [2.45, 2.75) is 32.2 Å². The molecule has 3 N–H and O–H groups in total. The molecule has 0 bridgehead atoms. The second-order valence-corrected chi connectivity index (χ2v) is 6.42. The Bertz CT molecular complexity index is 642. The second-order valence-electron chi connectivity index (χ2n) is 6.42. The van der Waals surface area contributed by atoms with E-state index in [-0.39, 0.29) is 5.91 Å². The van der Waals surface area contributed by atoms with Gasteiger partial charge in [-0.1, -0.05) is 6.07 Å². The highest BCUT2D eigenvalue weighted by molar-refractivity contribution is 5.88. The van der Waals surface area contributed by atoms with Gasteiger partial charge in [-0.25, -0.2) is 4.90 Å². The van der Waals surface area contributed by atoms with E-state index < -0.39 is 12.5 Å². The van der Waals surface area contributed by atoms with Crippen LogP contribution in [0.1, 0.15) is 19.8 Å². The molecule has 1 aromatic rings. The lowest BCUT2D eigenvalue weighted by Gasteiger charge is -2.31. The molecule has 136 valence electrons. The number of benzene rings is 1. The van der Waals surface area contributed by atoms with E-state index in [1.165, 1.54) is 13.0 Å². The number of amides is 1. The first-order valence-electron chi connectivity index (χ1n) is 8.50. The van der Waals surface area contributed by atoms with Crippen molar-refractivity contribution in [3.63, 3.8) is 0 Å². The van der Waals surface area contributed by atoms with Gasteiger partial charge in [-0.05, 0) is 30.9 Å². The number of carbonyl (C=O) groups excluding carboxylic acids is 1. The zero-order chi connectivity index (χ0) is 17.8. The third kappa shape index (κ3) is 4.58. The summed E-state index contributed by atoms with van der Waals surface area (Å²) in [5.41, 5.74) is 0.609. The van der Waals surface area contributed by atoms with E-state index in [1.807, 2.05) is 0 Å². The molecule has 25 heavy (non-hydrogen) atoms. The van der Waals surface area contributed by atoms with Crippen LogP contribution in [-0.2, 0) is 9.53 Å². The van der Waals surface area contributed by atoms with Gasteiger partial charge in [-0.15, -0.1) is 0 Å². The summed E-state index contributed by atoms with van der Waals surface area (Å²) < 4.78 is 11.1. The maximum atomic E-state index is 11.1. The number of hydrogen-bond acceptors (Lipinski definition) is 6. The molecule has 2 aliphatic heterocycles. The van der Waals surface area contributed by atoms with Crippen LogP contribution in [0.4, 0.5) is 5.69 Å². The number of rotatable bonds is 5. The minimum atomic E-state index is -0.998. The van der Waals surface area contributed by atoms with Crippen molar-refractivity contribution in [1.29, 1.82) is 0 Å². The van der Waals surface area contributed by atoms with Gasteiger partial charge in [0.25, 0.3) is 0 Å². The fourth-order valence-electron chi connectivity index (χ4n) is 3.14. The first-order chi connectivity index (χ1) is 12.0. The van der Waals surface area contributed by atoms with Crippen molar-refractivity contribution >= 4 is 11.6 Å². The minimum Gasteiger partial charge on any atom is -0.458 e. The van der Waals surface area contributed by atoms with Crippen molar-refractivity contribution < 1.29 is 24.5 Å². The average molecular weight is 348 g/mol. The first-order valence-corrected chi connectivity index (χ1v) is 8.50. The van der Waals surface area contributed by atoms with Gasteiger partial charge in [0.15, 0.2) is 6.23 Å². The quantitative estimate of drug-likeness (QED) is 0.743. The predicted octanol–water partition coefficient (Wildman–Crippen LogP) is 1.29. The van der Waals surface area contributed by atoms with Gasteiger partial charge >= 0.3 is 0 Å². The van der Waals surface area contributed by atoms with Gasteiger partial charge in [-0.2, -0.15) is 0 Å². The highest BCUT2D eigenvalue weighted by Crippen LogP contribution is 2.28. The maximum absolute atomic E-state index is 11.1. The Labute approximate surface area is 146 Å².